The van der Waals surface area contributed by atoms with Crippen molar-refractivity contribution in [3.05, 3.63) is 22.9 Å². The van der Waals surface area contributed by atoms with Crippen molar-refractivity contribution in [3.63, 3.8) is 0 Å². The van der Waals surface area contributed by atoms with Gasteiger partial charge in [-0.15, -0.1) is 0 Å². The highest BCUT2D eigenvalue weighted by Crippen LogP contribution is 2.38. The maximum atomic E-state index is 12.8. The second-order valence-corrected chi connectivity index (χ2v) is 3.38. The Morgan fingerprint density at radius 2 is 2.05 bits per heavy atom. The summed E-state index contributed by atoms with van der Waals surface area (Å²) in [4.78, 5) is 14.6. The molecule has 0 saturated heterocycles. The summed E-state index contributed by atoms with van der Waals surface area (Å²) in [7, 11) is 0. The van der Waals surface area contributed by atoms with Crippen LogP contribution in [0.5, 0.6) is 0 Å². The van der Waals surface area contributed by atoms with E-state index in [1.165, 1.54) is 6.92 Å². The molecule has 0 atom stereocenters. The number of rotatable bonds is 3. The minimum Gasteiger partial charge on any atom is -0.461 e. The van der Waals surface area contributed by atoms with Crippen LogP contribution in [0, 0.1) is 0 Å². The maximum absolute atomic E-state index is 12.8. The van der Waals surface area contributed by atoms with Crippen molar-refractivity contribution < 1.29 is 31.5 Å². The van der Waals surface area contributed by atoms with Crippen molar-refractivity contribution in [1.29, 1.82) is 0 Å². The number of hydrogen-bond acceptors (Lipinski definition) is 4. The smallest absolute Gasteiger partial charge is 0.417 e. The molecule has 0 fully saturated rings. The molecule has 0 aliphatic heterocycles. The van der Waals surface area contributed by atoms with Crippen LogP contribution in [0.1, 0.15) is 35.0 Å². The van der Waals surface area contributed by atoms with Gasteiger partial charge in [0.05, 0.1) is 17.7 Å². The molecule has 0 spiro atoms. The van der Waals surface area contributed by atoms with Crippen molar-refractivity contribution in [2.75, 3.05) is 12.3 Å². The summed E-state index contributed by atoms with van der Waals surface area (Å²) >= 11 is 0. The van der Waals surface area contributed by atoms with E-state index in [4.69, 9.17) is 5.73 Å². The standard InChI is InChI=1S/C10H9F5N2O2/c1-2-19-9(18)7-6(8(11)12)4(10(13,14)15)3-5(16)17-7/h3,8H,2H2,1H3,(H2,16,17). The molecule has 4 nitrogen and oxygen atoms in total. The Balaban J connectivity index is 3.54. The molecule has 1 heterocycles. The van der Waals surface area contributed by atoms with E-state index in [9.17, 15) is 26.7 Å². The average Bonchev–Trinajstić information content (AvgIpc) is 2.26. The number of nitrogens with zero attached hydrogens (tertiary/aromatic N) is 1. The number of pyridine rings is 1. The molecule has 106 valence electrons. The Morgan fingerprint density at radius 3 is 2.47 bits per heavy atom. The van der Waals surface area contributed by atoms with Gasteiger partial charge in [0.2, 0.25) is 0 Å². The van der Waals surface area contributed by atoms with Gasteiger partial charge >= 0.3 is 12.1 Å². The fraction of sp³-hybridized carbons (Fsp3) is 0.400. The lowest BCUT2D eigenvalue weighted by atomic mass is 10.1. The number of aromatic nitrogens is 1. The molecule has 0 aliphatic carbocycles. The third kappa shape index (κ3) is 3.30. The Morgan fingerprint density at radius 1 is 1.47 bits per heavy atom. The Kier molecular flexibility index (Phi) is 4.28. The van der Waals surface area contributed by atoms with Gasteiger partial charge in [-0.05, 0) is 13.0 Å². The van der Waals surface area contributed by atoms with Gasteiger partial charge in [0, 0.05) is 0 Å². The van der Waals surface area contributed by atoms with Crippen LogP contribution < -0.4 is 5.73 Å². The zero-order chi connectivity index (χ0) is 14.8. The topological polar surface area (TPSA) is 65.2 Å². The van der Waals surface area contributed by atoms with E-state index in [0.29, 0.717) is 0 Å². The molecule has 0 aliphatic rings. The van der Waals surface area contributed by atoms with E-state index < -0.39 is 41.2 Å². The zero-order valence-electron chi connectivity index (χ0n) is 9.59. The van der Waals surface area contributed by atoms with Crippen LogP contribution in [-0.2, 0) is 10.9 Å². The summed E-state index contributed by atoms with van der Waals surface area (Å²) in [6, 6.07) is 0.254. The predicted molar refractivity (Wildman–Crippen MR) is 54.6 cm³/mol. The van der Waals surface area contributed by atoms with Gasteiger partial charge in [0.15, 0.2) is 5.69 Å². The molecule has 0 unspecified atom stereocenters. The molecular weight excluding hydrogens is 275 g/mol. The van der Waals surface area contributed by atoms with Gasteiger partial charge in [-0.2, -0.15) is 13.2 Å². The highest BCUT2D eigenvalue weighted by Gasteiger charge is 2.39. The second-order valence-electron chi connectivity index (χ2n) is 3.38. The minimum atomic E-state index is -5.08. The number of halogens is 5. The van der Waals surface area contributed by atoms with Gasteiger partial charge in [-0.1, -0.05) is 0 Å². The first-order valence-corrected chi connectivity index (χ1v) is 5.01. The van der Waals surface area contributed by atoms with Crippen LogP contribution in [0.3, 0.4) is 0 Å². The molecule has 1 aromatic heterocycles. The van der Waals surface area contributed by atoms with Gasteiger partial charge < -0.3 is 10.5 Å². The summed E-state index contributed by atoms with van der Waals surface area (Å²) in [5, 5.41) is 0. The molecule has 0 bridgehead atoms. The number of ether oxygens (including phenoxy) is 1. The number of anilines is 1. The summed E-state index contributed by atoms with van der Waals surface area (Å²) in [6.07, 6.45) is -8.62. The van der Waals surface area contributed by atoms with Gasteiger partial charge in [0.25, 0.3) is 6.43 Å². The largest absolute Gasteiger partial charge is 0.461 e. The van der Waals surface area contributed by atoms with Gasteiger partial charge in [-0.3, -0.25) is 0 Å². The summed E-state index contributed by atoms with van der Waals surface area (Å²) < 4.78 is 67.9. The third-order valence-electron chi connectivity index (χ3n) is 2.07. The lowest BCUT2D eigenvalue weighted by Crippen LogP contribution is -2.19. The second kappa shape index (κ2) is 5.37. The van der Waals surface area contributed by atoms with Crippen molar-refractivity contribution in [3.8, 4) is 0 Å². The van der Waals surface area contributed by atoms with Gasteiger partial charge in [-0.25, -0.2) is 18.6 Å². The quantitative estimate of drug-likeness (QED) is 0.684. The highest BCUT2D eigenvalue weighted by molar-refractivity contribution is 5.90. The molecule has 0 radical (unpaired) electrons. The Labute approximate surface area is 104 Å². The van der Waals surface area contributed by atoms with Crippen molar-refractivity contribution in [2.45, 2.75) is 19.5 Å². The Hall–Kier alpha value is -1.93. The molecule has 0 aromatic carbocycles. The van der Waals surface area contributed by atoms with E-state index in [-0.39, 0.29) is 12.7 Å². The number of nitrogens with two attached hydrogens (primary N) is 1. The first kappa shape index (κ1) is 15.1. The van der Waals surface area contributed by atoms with E-state index in [1.54, 1.807) is 0 Å². The highest BCUT2D eigenvalue weighted by atomic mass is 19.4. The fourth-order valence-electron chi connectivity index (χ4n) is 1.39. The molecule has 19 heavy (non-hydrogen) atoms. The SMILES string of the molecule is CCOC(=O)c1nc(N)cc(C(F)(F)F)c1C(F)F. The first-order valence-electron chi connectivity index (χ1n) is 5.01. The zero-order valence-corrected chi connectivity index (χ0v) is 9.59. The number of nitrogen functional groups attached to an aromatic ring is 1. The third-order valence-corrected chi connectivity index (χ3v) is 2.07. The van der Waals surface area contributed by atoms with Crippen LogP contribution in [0.15, 0.2) is 6.07 Å². The number of esters is 1. The first-order chi connectivity index (χ1) is 8.68. The average molecular weight is 284 g/mol. The van der Waals surface area contributed by atoms with E-state index in [1.807, 2.05) is 0 Å². The normalized spacial score (nSPS) is 11.7. The number of alkyl halides is 5. The number of hydrogen-bond donors (Lipinski definition) is 1. The van der Waals surface area contributed by atoms with Crippen LogP contribution in [0.25, 0.3) is 0 Å². The van der Waals surface area contributed by atoms with Crippen molar-refractivity contribution in [1.82, 2.24) is 4.98 Å². The fourth-order valence-corrected chi connectivity index (χ4v) is 1.39. The summed E-state index contributed by atoms with van der Waals surface area (Å²) in [5.41, 5.74) is 0.750. The molecular formula is C10H9F5N2O2. The van der Waals surface area contributed by atoms with E-state index in [2.05, 4.69) is 9.72 Å². The lowest BCUT2D eigenvalue weighted by molar-refractivity contribution is -0.139. The molecule has 0 amide bonds. The number of carbonyl (C=O) groups excluding carboxylic acids is 1. The molecule has 0 saturated carbocycles. The molecule has 1 aromatic rings. The summed E-state index contributed by atoms with van der Waals surface area (Å²) in [5.74, 6) is -2.07. The molecule has 2 N–H and O–H groups in total. The summed E-state index contributed by atoms with van der Waals surface area (Å²) in [6.45, 7) is 1.18. The van der Waals surface area contributed by atoms with Crippen LogP contribution in [-0.4, -0.2) is 17.6 Å². The number of carbonyl (C=O) groups is 1. The minimum absolute atomic E-state index is 0.195. The van der Waals surface area contributed by atoms with E-state index in [0.717, 1.165) is 0 Å². The van der Waals surface area contributed by atoms with Crippen LogP contribution >= 0.6 is 0 Å². The lowest BCUT2D eigenvalue weighted by Gasteiger charge is -2.15. The van der Waals surface area contributed by atoms with E-state index >= 15 is 0 Å². The molecule has 9 heteroatoms. The van der Waals surface area contributed by atoms with Crippen molar-refractivity contribution in [2.24, 2.45) is 0 Å². The van der Waals surface area contributed by atoms with Crippen LogP contribution in [0.4, 0.5) is 27.8 Å². The Bertz CT molecular complexity index is 488. The van der Waals surface area contributed by atoms with Crippen molar-refractivity contribution >= 4 is 11.8 Å². The maximum Gasteiger partial charge on any atom is 0.417 e. The molecule has 1 rings (SSSR count). The van der Waals surface area contributed by atoms with Gasteiger partial charge in [0.1, 0.15) is 5.82 Å². The van der Waals surface area contributed by atoms with Crippen LogP contribution in [0.2, 0.25) is 0 Å². The monoisotopic (exact) mass is 284 g/mol. The predicted octanol–water partition coefficient (Wildman–Crippen LogP) is 2.80.